The van der Waals surface area contributed by atoms with Gasteiger partial charge in [0.25, 0.3) is 0 Å². The van der Waals surface area contributed by atoms with Gasteiger partial charge in [-0.1, -0.05) is 19.8 Å². The van der Waals surface area contributed by atoms with E-state index in [1.54, 1.807) is 0 Å². The molecule has 0 radical (unpaired) electrons. The van der Waals surface area contributed by atoms with E-state index in [1.165, 1.54) is 12.8 Å². The normalized spacial score (nSPS) is 26.2. The molecule has 7 heteroatoms. The average Bonchev–Trinajstić information content (AvgIpc) is 2.52. The lowest BCUT2D eigenvalue weighted by molar-refractivity contribution is -0.186. The Morgan fingerprint density at radius 2 is 1.75 bits per heavy atom. The molecule has 2 fully saturated rings. The summed E-state index contributed by atoms with van der Waals surface area (Å²) in [5.74, 6) is -0.414. The lowest BCUT2D eigenvalue weighted by Crippen LogP contribution is -2.46. The summed E-state index contributed by atoms with van der Waals surface area (Å²) in [6.07, 6.45) is 1.40. The van der Waals surface area contributed by atoms with E-state index in [0.717, 1.165) is 17.7 Å². The Bertz CT molecular complexity index is 446. The fourth-order valence-electron chi connectivity index (χ4n) is 3.86. The molecule has 0 bridgehead atoms. The smallest absolute Gasteiger partial charge is 0.356 e. The second-order valence-corrected chi connectivity index (χ2v) is 7.38. The molecule has 4 nitrogen and oxygen atoms in total. The fraction of sp³-hybridized carbons (Fsp3) is 0.882. The van der Waals surface area contributed by atoms with Crippen molar-refractivity contribution in [3.8, 4) is 0 Å². The zero-order valence-electron chi connectivity index (χ0n) is 14.2. The molecule has 1 aliphatic heterocycles. The fourth-order valence-corrected chi connectivity index (χ4v) is 3.86. The van der Waals surface area contributed by atoms with Gasteiger partial charge in [-0.2, -0.15) is 13.2 Å². The molecule has 0 unspecified atom stereocenters. The molecule has 1 heterocycles. The molecular weight excluding hydrogens is 321 g/mol. The zero-order valence-corrected chi connectivity index (χ0v) is 14.2. The predicted molar refractivity (Wildman–Crippen MR) is 84.1 cm³/mol. The summed E-state index contributed by atoms with van der Waals surface area (Å²) in [5.41, 5.74) is 0. The largest absolute Gasteiger partial charge is 0.471 e. The predicted octanol–water partition coefficient (Wildman–Crippen LogP) is 3.12. The van der Waals surface area contributed by atoms with Crippen LogP contribution in [0.15, 0.2) is 0 Å². The topological polar surface area (TPSA) is 49.4 Å². The van der Waals surface area contributed by atoms with Gasteiger partial charge in [0.2, 0.25) is 5.91 Å². The van der Waals surface area contributed by atoms with Crippen LogP contribution in [0.5, 0.6) is 0 Å². The summed E-state index contributed by atoms with van der Waals surface area (Å²) in [6, 6.07) is 0. The summed E-state index contributed by atoms with van der Waals surface area (Å²) in [4.78, 5) is 24.1. The van der Waals surface area contributed by atoms with Gasteiger partial charge in [0.1, 0.15) is 0 Å². The van der Waals surface area contributed by atoms with Crippen LogP contribution in [-0.2, 0) is 9.59 Å². The Hall–Kier alpha value is -1.27. The van der Waals surface area contributed by atoms with Gasteiger partial charge < -0.3 is 10.2 Å². The molecule has 2 rings (SSSR count). The van der Waals surface area contributed by atoms with Crippen LogP contribution in [-0.4, -0.2) is 42.5 Å². The lowest BCUT2D eigenvalue weighted by Gasteiger charge is -2.32. The quantitative estimate of drug-likeness (QED) is 0.849. The third-order valence-corrected chi connectivity index (χ3v) is 5.25. The summed E-state index contributed by atoms with van der Waals surface area (Å²) in [6.45, 7) is 2.94. The minimum atomic E-state index is -4.79. The van der Waals surface area contributed by atoms with Gasteiger partial charge >= 0.3 is 12.1 Å². The Morgan fingerprint density at radius 1 is 1.08 bits per heavy atom. The highest BCUT2D eigenvalue weighted by molar-refractivity contribution is 5.81. The summed E-state index contributed by atoms with van der Waals surface area (Å²) in [7, 11) is 0. The molecule has 0 spiro atoms. The highest BCUT2D eigenvalue weighted by Crippen LogP contribution is 2.30. The SMILES string of the molecule is C[C@@H]1CCC[C@H](CC(=O)NCC2CCN(C(=O)C(F)(F)F)CC2)C1. The molecule has 1 saturated carbocycles. The number of hydrogen-bond donors (Lipinski definition) is 1. The van der Waals surface area contributed by atoms with Crippen LogP contribution in [0.25, 0.3) is 0 Å². The number of rotatable bonds is 4. The van der Waals surface area contributed by atoms with Gasteiger partial charge in [0.05, 0.1) is 0 Å². The van der Waals surface area contributed by atoms with E-state index in [0.29, 0.717) is 37.6 Å². The Morgan fingerprint density at radius 3 is 2.33 bits per heavy atom. The van der Waals surface area contributed by atoms with Crippen LogP contribution in [0.4, 0.5) is 13.2 Å². The molecule has 1 aliphatic carbocycles. The van der Waals surface area contributed by atoms with E-state index in [-0.39, 0.29) is 24.9 Å². The number of likely N-dealkylation sites (tertiary alicyclic amines) is 1. The Kier molecular flexibility index (Phi) is 6.52. The maximum Gasteiger partial charge on any atom is 0.471 e. The van der Waals surface area contributed by atoms with Crippen LogP contribution >= 0.6 is 0 Å². The molecular formula is C17H27F3N2O2. The van der Waals surface area contributed by atoms with Crippen molar-refractivity contribution in [2.75, 3.05) is 19.6 Å². The van der Waals surface area contributed by atoms with Crippen LogP contribution in [0.2, 0.25) is 0 Å². The lowest BCUT2D eigenvalue weighted by atomic mass is 9.81. The van der Waals surface area contributed by atoms with Crippen molar-refractivity contribution in [1.29, 1.82) is 0 Å². The van der Waals surface area contributed by atoms with Crippen molar-refractivity contribution in [2.45, 2.75) is 58.0 Å². The standard InChI is InChI=1S/C17H27F3N2O2/c1-12-3-2-4-14(9-12)10-15(23)21-11-13-5-7-22(8-6-13)16(24)17(18,19)20/h12-14H,2-11H2,1H3,(H,21,23)/t12-,14+/m1/s1. The highest BCUT2D eigenvalue weighted by Gasteiger charge is 2.43. The van der Waals surface area contributed by atoms with Crippen molar-refractivity contribution in [1.82, 2.24) is 10.2 Å². The summed E-state index contributed by atoms with van der Waals surface area (Å²) in [5, 5.41) is 2.92. The number of carbonyl (C=O) groups is 2. The van der Waals surface area contributed by atoms with Gasteiger partial charge in [-0.05, 0) is 43.4 Å². The zero-order chi connectivity index (χ0) is 17.7. The highest BCUT2D eigenvalue weighted by atomic mass is 19.4. The van der Waals surface area contributed by atoms with Crippen molar-refractivity contribution in [3.05, 3.63) is 0 Å². The third-order valence-electron chi connectivity index (χ3n) is 5.25. The van der Waals surface area contributed by atoms with Gasteiger partial charge in [0, 0.05) is 26.1 Å². The first-order valence-corrected chi connectivity index (χ1v) is 8.88. The van der Waals surface area contributed by atoms with Crippen LogP contribution in [0.3, 0.4) is 0 Å². The van der Waals surface area contributed by atoms with Gasteiger partial charge in [-0.25, -0.2) is 0 Å². The number of nitrogens with one attached hydrogen (secondary N) is 1. The van der Waals surface area contributed by atoms with Crippen LogP contribution < -0.4 is 5.32 Å². The molecule has 1 saturated heterocycles. The van der Waals surface area contributed by atoms with Crippen molar-refractivity contribution in [3.63, 3.8) is 0 Å². The number of carbonyl (C=O) groups excluding carboxylic acids is 2. The monoisotopic (exact) mass is 348 g/mol. The number of hydrogen-bond acceptors (Lipinski definition) is 2. The maximum absolute atomic E-state index is 12.4. The summed E-state index contributed by atoms with van der Waals surface area (Å²) >= 11 is 0. The number of piperidine rings is 1. The molecule has 2 atom stereocenters. The van der Waals surface area contributed by atoms with Gasteiger partial charge in [-0.3, -0.25) is 9.59 Å². The van der Waals surface area contributed by atoms with E-state index >= 15 is 0 Å². The number of halogens is 3. The van der Waals surface area contributed by atoms with Gasteiger partial charge in [-0.15, -0.1) is 0 Å². The first-order valence-electron chi connectivity index (χ1n) is 8.88. The van der Waals surface area contributed by atoms with E-state index in [9.17, 15) is 22.8 Å². The Labute approximate surface area is 141 Å². The van der Waals surface area contributed by atoms with Crippen molar-refractivity contribution in [2.24, 2.45) is 17.8 Å². The number of amides is 2. The minimum Gasteiger partial charge on any atom is -0.356 e. The maximum atomic E-state index is 12.4. The van der Waals surface area contributed by atoms with Gasteiger partial charge in [0.15, 0.2) is 0 Å². The van der Waals surface area contributed by atoms with E-state index < -0.39 is 12.1 Å². The average molecular weight is 348 g/mol. The molecule has 2 aliphatic rings. The van der Waals surface area contributed by atoms with Crippen LogP contribution in [0, 0.1) is 17.8 Å². The molecule has 2 amide bonds. The third kappa shape index (κ3) is 5.67. The first-order chi connectivity index (χ1) is 11.3. The Balaban J connectivity index is 1.65. The molecule has 0 aromatic heterocycles. The molecule has 24 heavy (non-hydrogen) atoms. The number of alkyl halides is 3. The van der Waals surface area contributed by atoms with E-state index in [2.05, 4.69) is 12.2 Å². The van der Waals surface area contributed by atoms with E-state index in [4.69, 9.17) is 0 Å². The molecule has 0 aromatic rings. The molecule has 138 valence electrons. The summed E-state index contributed by atoms with van der Waals surface area (Å²) < 4.78 is 37.2. The first kappa shape index (κ1) is 19.1. The van der Waals surface area contributed by atoms with Crippen molar-refractivity contribution >= 4 is 11.8 Å². The minimum absolute atomic E-state index is 0.0443. The number of nitrogens with zero attached hydrogens (tertiary/aromatic N) is 1. The van der Waals surface area contributed by atoms with E-state index in [1.807, 2.05) is 0 Å². The van der Waals surface area contributed by atoms with Crippen molar-refractivity contribution < 1.29 is 22.8 Å². The second-order valence-electron chi connectivity index (χ2n) is 7.38. The second kappa shape index (κ2) is 8.21. The van der Waals surface area contributed by atoms with Crippen LogP contribution in [0.1, 0.15) is 51.9 Å². The molecule has 1 N–H and O–H groups in total. The molecule has 0 aromatic carbocycles.